The number of nitrogens with two attached hydrogens (primary N) is 1. The molecule has 1 fully saturated rings. The van der Waals surface area contributed by atoms with Gasteiger partial charge in [-0.3, -0.25) is 24.1 Å². The number of hydrogen-bond donors (Lipinski definition) is 6. The maximum Gasteiger partial charge on any atom is 0.413 e. The van der Waals surface area contributed by atoms with E-state index in [2.05, 4.69) is 35.2 Å². The molecule has 0 bridgehead atoms. The predicted molar refractivity (Wildman–Crippen MR) is 147 cm³/mol. The number of H-pyrrole nitrogens is 3. The fourth-order valence-corrected chi connectivity index (χ4v) is 5.00. The van der Waals surface area contributed by atoms with E-state index in [1.54, 1.807) is 4.57 Å². The number of aromatic nitrogens is 8. The highest BCUT2D eigenvalue weighted by atomic mass is 16.6. The Morgan fingerprint density at radius 3 is 2.74 bits per heavy atom. The van der Waals surface area contributed by atoms with Gasteiger partial charge in [-0.05, 0) is 37.1 Å². The monoisotopic (exact) mass is 579 g/mol. The zero-order valence-corrected chi connectivity index (χ0v) is 22.5. The Balaban J connectivity index is 1.12. The molecule has 3 atom stereocenters. The van der Waals surface area contributed by atoms with Crippen molar-refractivity contribution in [1.82, 2.24) is 39.8 Å². The van der Waals surface area contributed by atoms with Crippen LogP contribution in [0.25, 0.3) is 33.4 Å². The number of carbonyl (C=O) groups excluding carboxylic acids is 1. The molecule has 1 aromatic carbocycles. The summed E-state index contributed by atoms with van der Waals surface area (Å²) < 4.78 is 14.4. The molecule has 17 nitrogen and oxygen atoms in total. The Bertz CT molecular complexity index is 2050. The molecule has 4 aromatic heterocycles. The summed E-state index contributed by atoms with van der Waals surface area (Å²) in [5.41, 5.74) is 7.59. The van der Waals surface area contributed by atoms with Crippen LogP contribution in [0.3, 0.4) is 0 Å². The molecule has 17 heteroatoms. The van der Waals surface area contributed by atoms with Gasteiger partial charge in [0.25, 0.3) is 11.1 Å². The second-order valence-electron chi connectivity index (χ2n) is 10.0. The lowest BCUT2D eigenvalue weighted by Gasteiger charge is -2.16. The summed E-state index contributed by atoms with van der Waals surface area (Å²) in [4.78, 5) is 68.8. The molecule has 7 N–H and O–H groups in total. The number of aliphatic hydroxyl groups excluding tert-OH is 1. The third-order valence-electron chi connectivity index (χ3n) is 7.23. The van der Waals surface area contributed by atoms with Crippen molar-refractivity contribution in [2.24, 2.45) is 0 Å². The van der Waals surface area contributed by atoms with E-state index in [0.717, 1.165) is 11.1 Å². The Labute approximate surface area is 234 Å². The number of aromatic amines is 3. The fourth-order valence-electron chi connectivity index (χ4n) is 5.00. The number of carbonyl (C=O) groups is 1. The van der Waals surface area contributed by atoms with Gasteiger partial charge in [0.15, 0.2) is 16.7 Å². The zero-order chi connectivity index (χ0) is 29.7. The van der Waals surface area contributed by atoms with Crippen LogP contribution in [0.2, 0.25) is 0 Å². The van der Waals surface area contributed by atoms with Crippen molar-refractivity contribution in [2.75, 3.05) is 18.9 Å². The first-order valence-electron chi connectivity index (χ1n) is 13.0. The number of rotatable bonds is 6. The summed E-state index contributed by atoms with van der Waals surface area (Å²) in [6.45, 7) is 3.88. The van der Waals surface area contributed by atoms with Crippen molar-refractivity contribution in [3.05, 3.63) is 60.8 Å². The zero-order valence-electron chi connectivity index (χ0n) is 22.5. The van der Waals surface area contributed by atoms with Gasteiger partial charge < -0.3 is 25.6 Å². The number of ether oxygens (including phenoxy) is 2. The van der Waals surface area contributed by atoms with Gasteiger partial charge >= 0.3 is 17.4 Å². The number of aliphatic hydroxyl groups is 1. The maximum atomic E-state index is 12.5. The molecule has 5 heterocycles. The molecule has 5 aromatic rings. The summed E-state index contributed by atoms with van der Waals surface area (Å²) in [6, 6.07) is 3.75. The summed E-state index contributed by atoms with van der Waals surface area (Å²) in [7, 11) is 0. The van der Waals surface area contributed by atoms with E-state index in [9.17, 15) is 24.3 Å². The van der Waals surface area contributed by atoms with Crippen LogP contribution in [0.5, 0.6) is 0 Å². The van der Waals surface area contributed by atoms with Crippen LogP contribution < -0.4 is 32.4 Å². The van der Waals surface area contributed by atoms with E-state index in [1.807, 2.05) is 26.0 Å². The lowest BCUT2D eigenvalue weighted by Crippen LogP contribution is -2.45. The quantitative estimate of drug-likeness (QED) is 0.103. The predicted octanol–water partition coefficient (Wildman–Crippen LogP) is -1.24. The molecule has 218 valence electrons. The molecule has 1 saturated heterocycles. The lowest BCUT2D eigenvalue weighted by molar-refractivity contribution is -0.645. The normalized spacial score (nSPS) is 18.7. The average Bonchev–Trinajstić information content (AvgIpc) is 3.51. The molecular weight excluding hydrogens is 552 g/mol. The van der Waals surface area contributed by atoms with Crippen LogP contribution >= 0.6 is 0 Å². The number of nitrogen functional groups attached to an aromatic ring is 1. The minimum absolute atomic E-state index is 0.0583. The van der Waals surface area contributed by atoms with Crippen LogP contribution in [0.15, 0.2) is 32.8 Å². The minimum Gasteiger partial charge on any atom is -0.447 e. The highest BCUT2D eigenvalue weighted by Crippen LogP contribution is 2.30. The molecule has 42 heavy (non-hydrogen) atoms. The van der Waals surface area contributed by atoms with Crippen molar-refractivity contribution < 1.29 is 23.9 Å². The van der Waals surface area contributed by atoms with Gasteiger partial charge in [-0.2, -0.15) is 9.97 Å². The molecule has 0 spiro atoms. The maximum absolute atomic E-state index is 12.5. The van der Waals surface area contributed by atoms with Crippen LogP contribution in [0, 0.1) is 13.8 Å². The molecular formula is C25H27N10O7+. The number of anilines is 1. The first-order valence-corrected chi connectivity index (χ1v) is 13.0. The van der Waals surface area contributed by atoms with Crippen molar-refractivity contribution in [2.45, 2.75) is 45.2 Å². The molecule has 1 aliphatic heterocycles. The van der Waals surface area contributed by atoms with Crippen LogP contribution in [-0.4, -0.2) is 71.0 Å². The first kappa shape index (κ1) is 27.0. The largest absolute Gasteiger partial charge is 0.447 e. The lowest BCUT2D eigenvalue weighted by atomic mass is 10.1. The fraction of sp³-hybridized carbons (Fsp3) is 0.360. The van der Waals surface area contributed by atoms with E-state index in [1.165, 1.54) is 10.9 Å². The van der Waals surface area contributed by atoms with Gasteiger partial charge in [0, 0.05) is 6.42 Å². The van der Waals surface area contributed by atoms with E-state index in [0.29, 0.717) is 11.0 Å². The summed E-state index contributed by atoms with van der Waals surface area (Å²) in [5.74, 6) is -0.0846. The van der Waals surface area contributed by atoms with E-state index >= 15 is 0 Å². The number of nitrogens with one attached hydrogen (secondary N) is 4. The second-order valence-corrected chi connectivity index (χ2v) is 10.0. The standard InChI is InChI=1S/C25H26N10O7/c1-10-5-12-13(6-11(10)2)34(20-18(29-12)22(38)33-24(39)31-20)4-3-27-25(40)41-8-15-14(36)7-16(42-15)35-9-28-17-19(35)30-23(26)32-21(17)37/h5-6,9,14-16,36H,3-4,7-8H2,1-2H3,(H5,26,27,30,32,33,37,38,39,40)/p+1/t14-,15+,16+/m0/s1. The SMILES string of the molecule is Cc1cc2nc3c(=O)[nH]c(=O)[nH]c3[n+](CCNC(=O)OC[C@H]3O[C@@H](n4cnc5c(=O)[nH]c(N)nc54)C[C@@H]3O)c2cc1C. The van der Waals surface area contributed by atoms with Crippen molar-refractivity contribution >= 4 is 45.4 Å². The van der Waals surface area contributed by atoms with Crippen LogP contribution in [0.1, 0.15) is 23.8 Å². The number of alkyl carbamates (subject to hydrolysis) is 1. The molecule has 0 aliphatic carbocycles. The topological polar surface area (TPSA) is 240 Å². The molecule has 0 radical (unpaired) electrons. The molecule has 0 saturated carbocycles. The number of nitrogens with zero attached hydrogens (tertiary/aromatic N) is 5. The van der Waals surface area contributed by atoms with Gasteiger partial charge in [0.1, 0.15) is 31.0 Å². The number of hydrogen-bond acceptors (Lipinski definition) is 11. The Morgan fingerprint density at radius 1 is 1.17 bits per heavy atom. The van der Waals surface area contributed by atoms with Gasteiger partial charge in [-0.15, -0.1) is 0 Å². The highest BCUT2D eigenvalue weighted by molar-refractivity contribution is 5.80. The number of aryl methyl sites for hydroxylation is 2. The average molecular weight is 580 g/mol. The van der Waals surface area contributed by atoms with Crippen molar-refractivity contribution in [3.8, 4) is 0 Å². The summed E-state index contributed by atoms with van der Waals surface area (Å²) >= 11 is 0. The molecule has 1 aliphatic rings. The Morgan fingerprint density at radius 2 is 1.93 bits per heavy atom. The van der Waals surface area contributed by atoms with E-state index < -0.39 is 41.3 Å². The van der Waals surface area contributed by atoms with Gasteiger partial charge in [-0.25, -0.2) is 24.1 Å². The van der Waals surface area contributed by atoms with E-state index in [4.69, 9.17) is 15.2 Å². The number of amides is 1. The third kappa shape index (κ3) is 4.83. The summed E-state index contributed by atoms with van der Waals surface area (Å²) in [5, 5.41) is 13.2. The first-order chi connectivity index (χ1) is 20.1. The van der Waals surface area contributed by atoms with Gasteiger partial charge in [-0.1, -0.05) is 0 Å². The molecule has 6 rings (SSSR count). The second kappa shape index (κ2) is 10.3. The van der Waals surface area contributed by atoms with E-state index in [-0.39, 0.29) is 54.4 Å². The molecule has 0 unspecified atom stereocenters. The highest BCUT2D eigenvalue weighted by Gasteiger charge is 2.37. The van der Waals surface area contributed by atoms with Crippen molar-refractivity contribution in [3.63, 3.8) is 0 Å². The summed E-state index contributed by atoms with van der Waals surface area (Å²) in [6.07, 6.45) is -1.77. The smallest absolute Gasteiger partial charge is 0.413 e. The third-order valence-corrected chi connectivity index (χ3v) is 7.23. The Kier molecular flexibility index (Phi) is 6.66. The minimum atomic E-state index is -0.966. The van der Waals surface area contributed by atoms with Crippen molar-refractivity contribution in [1.29, 1.82) is 0 Å². The van der Waals surface area contributed by atoms with Crippen LogP contribution in [-0.2, 0) is 16.0 Å². The van der Waals surface area contributed by atoms with Gasteiger partial charge in [0.05, 0.1) is 19.0 Å². The van der Waals surface area contributed by atoms with Crippen LogP contribution in [0.4, 0.5) is 10.7 Å². The number of fused-ring (bicyclic) bond motifs is 3. The Hall–Kier alpha value is -5.16. The number of benzene rings is 1. The number of imidazole rings is 1. The molecule has 1 amide bonds. The van der Waals surface area contributed by atoms with Gasteiger partial charge in [0.2, 0.25) is 11.5 Å².